The van der Waals surface area contributed by atoms with Crippen LogP contribution in [0.25, 0.3) is 10.8 Å². The molecule has 0 fully saturated rings. The fourth-order valence-corrected chi connectivity index (χ4v) is 3.17. The Bertz CT molecular complexity index is 860. The maximum absolute atomic E-state index is 13.0. The van der Waals surface area contributed by atoms with E-state index in [4.69, 9.17) is 0 Å². The molecule has 2 aromatic carbocycles. The molecule has 0 spiro atoms. The maximum atomic E-state index is 13.0. The lowest BCUT2D eigenvalue weighted by Crippen LogP contribution is -2.33. The lowest BCUT2D eigenvalue weighted by molar-refractivity contribution is 0.0704. The van der Waals surface area contributed by atoms with E-state index in [1.54, 1.807) is 22.9 Å². The first-order chi connectivity index (χ1) is 12.2. The topological polar surface area (TPSA) is 53.4 Å². The van der Waals surface area contributed by atoms with Crippen LogP contribution in [0, 0.1) is 0 Å². The predicted octanol–water partition coefficient (Wildman–Crippen LogP) is 3.59. The minimum absolute atomic E-state index is 0.0839. The van der Waals surface area contributed by atoms with Crippen LogP contribution in [0.5, 0.6) is 0 Å². The average Bonchev–Trinajstić information content (AvgIpc) is 2.67. The number of carbonyl (C=O) groups is 1. The Kier molecular flexibility index (Phi) is 5.68. The summed E-state index contributed by atoms with van der Waals surface area (Å²) in [4.78, 5) is 20.1. The molecule has 0 aliphatic rings. The summed E-state index contributed by atoms with van der Waals surface area (Å²) < 4.78 is 0. The summed E-state index contributed by atoms with van der Waals surface area (Å²) >= 11 is 1.68. The smallest absolute Gasteiger partial charge is 0.273 e. The monoisotopic (exact) mass is 352 g/mol. The Labute approximate surface area is 151 Å². The second-order valence-corrected chi connectivity index (χ2v) is 6.56. The largest absolute Gasteiger partial charge is 0.395 e. The molecule has 1 amide bonds. The van der Waals surface area contributed by atoms with Gasteiger partial charge in [-0.15, -0.1) is 11.8 Å². The van der Waals surface area contributed by atoms with Crippen molar-refractivity contribution in [2.75, 3.05) is 19.4 Å². The van der Waals surface area contributed by atoms with Crippen LogP contribution in [0.4, 0.5) is 0 Å². The number of fused-ring (bicyclic) bond motifs is 1. The highest BCUT2D eigenvalue weighted by Gasteiger charge is 2.19. The lowest BCUT2D eigenvalue weighted by Gasteiger charge is -2.22. The summed E-state index contributed by atoms with van der Waals surface area (Å²) in [5.74, 6) is -0.167. The molecule has 1 heterocycles. The summed E-state index contributed by atoms with van der Waals surface area (Å²) in [7, 11) is 0. The van der Waals surface area contributed by atoms with Gasteiger partial charge in [0.1, 0.15) is 5.69 Å². The predicted molar refractivity (Wildman–Crippen MR) is 102 cm³/mol. The fraction of sp³-hybridized carbons (Fsp3) is 0.200. The van der Waals surface area contributed by atoms with Crippen LogP contribution in [0.1, 0.15) is 16.1 Å². The van der Waals surface area contributed by atoms with E-state index in [-0.39, 0.29) is 19.1 Å². The molecule has 1 N–H and O–H groups in total. The van der Waals surface area contributed by atoms with Gasteiger partial charge in [-0.3, -0.25) is 9.78 Å². The summed E-state index contributed by atoms with van der Waals surface area (Å²) in [6.07, 6.45) is 3.68. The van der Waals surface area contributed by atoms with Gasteiger partial charge in [0, 0.05) is 29.6 Å². The van der Waals surface area contributed by atoms with Crippen LogP contribution >= 0.6 is 11.8 Å². The molecule has 0 aliphatic carbocycles. The molecule has 0 atom stereocenters. The maximum Gasteiger partial charge on any atom is 0.273 e. The van der Waals surface area contributed by atoms with Crippen molar-refractivity contribution in [1.82, 2.24) is 9.88 Å². The third-order valence-electron chi connectivity index (χ3n) is 4.07. The average molecular weight is 352 g/mol. The van der Waals surface area contributed by atoms with Gasteiger partial charge in [-0.05, 0) is 35.4 Å². The van der Waals surface area contributed by atoms with Crippen molar-refractivity contribution in [3.63, 3.8) is 0 Å². The Hall–Kier alpha value is -2.37. The first-order valence-corrected chi connectivity index (χ1v) is 9.32. The molecule has 0 saturated heterocycles. The van der Waals surface area contributed by atoms with Crippen molar-refractivity contribution in [2.45, 2.75) is 11.4 Å². The van der Waals surface area contributed by atoms with Gasteiger partial charge in [0.15, 0.2) is 0 Å². The SMILES string of the molecule is CSc1ccc(CN(CCO)C(=O)c2nccc3ccccc23)cc1. The third-order valence-corrected chi connectivity index (χ3v) is 4.81. The van der Waals surface area contributed by atoms with Gasteiger partial charge in [0.2, 0.25) is 0 Å². The molecular formula is C20H20N2O2S. The van der Waals surface area contributed by atoms with E-state index in [9.17, 15) is 9.90 Å². The number of hydrogen-bond donors (Lipinski definition) is 1. The minimum Gasteiger partial charge on any atom is -0.395 e. The van der Waals surface area contributed by atoms with Crippen molar-refractivity contribution in [3.8, 4) is 0 Å². The Balaban J connectivity index is 1.89. The first-order valence-electron chi connectivity index (χ1n) is 8.09. The Morgan fingerprint density at radius 2 is 1.88 bits per heavy atom. The minimum atomic E-state index is -0.167. The van der Waals surface area contributed by atoms with E-state index >= 15 is 0 Å². The van der Waals surface area contributed by atoms with E-state index in [2.05, 4.69) is 4.98 Å². The molecule has 0 unspecified atom stereocenters. The number of benzene rings is 2. The summed E-state index contributed by atoms with van der Waals surface area (Å²) in [6.45, 7) is 0.631. The van der Waals surface area contributed by atoms with Gasteiger partial charge >= 0.3 is 0 Å². The highest BCUT2D eigenvalue weighted by Crippen LogP contribution is 2.20. The van der Waals surface area contributed by atoms with Gasteiger partial charge in [-0.2, -0.15) is 0 Å². The van der Waals surface area contributed by atoms with Crippen LogP contribution in [-0.4, -0.2) is 40.3 Å². The normalized spacial score (nSPS) is 10.8. The van der Waals surface area contributed by atoms with Crippen molar-refractivity contribution < 1.29 is 9.90 Å². The molecule has 0 saturated carbocycles. The first kappa shape index (κ1) is 17.5. The lowest BCUT2D eigenvalue weighted by atomic mass is 10.1. The summed E-state index contributed by atoms with van der Waals surface area (Å²) in [5.41, 5.74) is 1.45. The zero-order valence-electron chi connectivity index (χ0n) is 14.1. The van der Waals surface area contributed by atoms with Gasteiger partial charge in [0.25, 0.3) is 5.91 Å². The zero-order chi connectivity index (χ0) is 17.6. The van der Waals surface area contributed by atoms with Crippen LogP contribution in [0.3, 0.4) is 0 Å². The number of rotatable bonds is 6. The van der Waals surface area contributed by atoms with E-state index < -0.39 is 0 Å². The number of nitrogens with zero attached hydrogens (tertiary/aromatic N) is 2. The van der Waals surface area contributed by atoms with Gasteiger partial charge < -0.3 is 10.0 Å². The molecule has 3 aromatic rings. The molecule has 25 heavy (non-hydrogen) atoms. The third kappa shape index (κ3) is 4.00. The Morgan fingerprint density at radius 1 is 1.12 bits per heavy atom. The van der Waals surface area contributed by atoms with Gasteiger partial charge in [0.05, 0.1) is 6.61 Å². The van der Waals surface area contributed by atoms with E-state index in [1.807, 2.05) is 60.9 Å². The highest BCUT2D eigenvalue weighted by molar-refractivity contribution is 7.98. The van der Waals surface area contributed by atoms with Crippen molar-refractivity contribution in [1.29, 1.82) is 0 Å². The van der Waals surface area contributed by atoms with Crippen molar-refractivity contribution in [2.24, 2.45) is 0 Å². The molecule has 3 rings (SSSR count). The number of amides is 1. The number of aromatic nitrogens is 1. The van der Waals surface area contributed by atoms with E-state index in [1.165, 1.54) is 4.90 Å². The molecule has 4 nitrogen and oxygen atoms in total. The van der Waals surface area contributed by atoms with Gasteiger partial charge in [-0.25, -0.2) is 0 Å². The molecule has 0 aliphatic heterocycles. The number of hydrogen-bond acceptors (Lipinski definition) is 4. The fourth-order valence-electron chi connectivity index (χ4n) is 2.76. The van der Waals surface area contributed by atoms with Crippen LogP contribution in [-0.2, 0) is 6.54 Å². The molecule has 5 heteroatoms. The number of thioether (sulfide) groups is 1. The van der Waals surface area contributed by atoms with Crippen LogP contribution < -0.4 is 0 Å². The second kappa shape index (κ2) is 8.14. The van der Waals surface area contributed by atoms with Crippen LogP contribution in [0.15, 0.2) is 65.7 Å². The Morgan fingerprint density at radius 3 is 2.60 bits per heavy atom. The number of pyridine rings is 1. The standard InChI is InChI=1S/C20H20N2O2S/c1-25-17-8-6-15(7-9-17)14-22(12-13-23)20(24)19-18-5-3-2-4-16(18)10-11-21-19/h2-11,23H,12-14H2,1H3. The molecule has 0 bridgehead atoms. The van der Waals surface area contributed by atoms with Crippen molar-refractivity contribution in [3.05, 3.63) is 72.1 Å². The number of carbonyl (C=O) groups excluding carboxylic acids is 1. The van der Waals surface area contributed by atoms with E-state index in [0.29, 0.717) is 12.2 Å². The number of aliphatic hydroxyl groups is 1. The zero-order valence-corrected chi connectivity index (χ0v) is 14.9. The van der Waals surface area contributed by atoms with E-state index in [0.717, 1.165) is 16.3 Å². The summed E-state index contributed by atoms with van der Waals surface area (Å²) in [5, 5.41) is 11.2. The molecular weight excluding hydrogens is 332 g/mol. The highest BCUT2D eigenvalue weighted by atomic mass is 32.2. The molecule has 1 aromatic heterocycles. The van der Waals surface area contributed by atoms with Crippen molar-refractivity contribution >= 4 is 28.4 Å². The quantitative estimate of drug-likeness (QED) is 0.689. The second-order valence-electron chi connectivity index (χ2n) is 5.68. The summed E-state index contributed by atoms with van der Waals surface area (Å²) in [6, 6.07) is 17.7. The van der Waals surface area contributed by atoms with Crippen LogP contribution in [0.2, 0.25) is 0 Å². The molecule has 0 radical (unpaired) electrons. The number of aliphatic hydroxyl groups excluding tert-OH is 1. The molecule has 128 valence electrons. The van der Waals surface area contributed by atoms with Gasteiger partial charge in [-0.1, -0.05) is 36.4 Å².